The molecule has 4 heteroatoms. The summed E-state index contributed by atoms with van der Waals surface area (Å²) in [6.07, 6.45) is 42.9. The predicted octanol–water partition coefficient (Wildman–Crippen LogP) is 8.95. The summed E-state index contributed by atoms with van der Waals surface area (Å²) < 4.78 is 0. The summed E-state index contributed by atoms with van der Waals surface area (Å²) in [7, 11) is 0. The zero-order valence-electron chi connectivity index (χ0n) is 30.4. The van der Waals surface area contributed by atoms with Crippen molar-refractivity contribution in [2.45, 2.75) is 232 Å². The van der Waals surface area contributed by atoms with E-state index in [1.165, 1.54) is 193 Å². The smallest absolute Gasteiger partial charge is 0.550 e. The standard InChI is InChI=1S/C39H79NO2.Li/c1-4-6-8-10-12-14-16-18-20-22-24-26-28-30-32-36-40(38(3)34-35-39(41)42)37-33-31-29-27-25-23-21-19-17-15-13-11-9-7-5-2;/h38H,4-37H2,1-3H3,(H,41,42);/q;+1/p-1. The van der Waals surface area contributed by atoms with Crippen LogP contribution in [0.1, 0.15) is 226 Å². The molecule has 1 atom stereocenters. The van der Waals surface area contributed by atoms with Gasteiger partial charge in [0.05, 0.1) is 0 Å². The van der Waals surface area contributed by atoms with E-state index in [0.717, 1.165) is 19.5 Å². The van der Waals surface area contributed by atoms with Gasteiger partial charge in [0.15, 0.2) is 0 Å². The van der Waals surface area contributed by atoms with Gasteiger partial charge in [0.25, 0.3) is 0 Å². The predicted molar refractivity (Wildman–Crippen MR) is 185 cm³/mol. The van der Waals surface area contributed by atoms with Crippen molar-refractivity contribution in [1.82, 2.24) is 4.90 Å². The third-order valence-electron chi connectivity index (χ3n) is 9.49. The molecule has 0 radical (unpaired) electrons. The third kappa shape index (κ3) is 36.4. The molecule has 0 aliphatic carbocycles. The molecular weight excluding hydrogens is 521 g/mol. The van der Waals surface area contributed by atoms with E-state index in [1.807, 2.05) is 0 Å². The first-order valence-corrected chi connectivity index (χ1v) is 19.6. The minimum Gasteiger partial charge on any atom is -0.550 e. The second-order valence-corrected chi connectivity index (χ2v) is 13.7. The number of rotatable bonds is 36. The van der Waals surface area contributed by atoms with Crippen LogP contribution in [0.4, 0.5) is 0 Å². The van der Waals surface area contributed by atoms with Gasteiger partial charge >= 0.3 is 18.9 Å². The summed E-state index contributed by atoms with van der Waals surface area (Å²) in [5.74, 6) is -0.902. The molecule has 43 heavy (non-hydrogen) atoms. The molecule has 0 aliphatic rings. The van der Waals surface area contributed by atoms with Crippen LogP contribution in [0.2, 0.25) is 0 Å². The Morgan fingerprint density at radius 2 is 0.698 bits per heavy atom. The van der Waals surface area contributed by atoms with Crippen LogP contribution in [0.25, 0.3) is 0 Å². The van der Waals surface area contributed by atoms with Crippen LogP contribution in [-0.2, 0) is 4.79 Å². The zero-order valence-corrected chi connectivity index (χ0v) is 30.4. The van der Waals surface area contributed by atoms with Crippen molar-refractivity contribution < 1.29 is 28.8 Å². The molecule has 0 spiro atoms. The number of unbranched alkanes of at least 4 members (excludes halogenated alkanes) is 28. The molecule has 1 unspecified atom stereocenters. The molecule has 0 N–H and O–H groups in total. The van der Waals surface area contributed by atoms with Crippen molar-refractivity contribution in [2.75, 3.05) is 13.1 Å². The van der Waals surface area contributed by atoms with E-state index in [-0.39, 0.29) is 25.3 Å². The summed E-state index contributed by atoms with van der Waals surface area (Å²) in [6.45, 7) is 9.07. The van der Waals surface area contributed by atoms with E-state index in [0.29, 0.717) is 6.04 Å². The molecule has 0 saturated heterocycles. The molecule has 0 aliphatic heterocycles. The van der Waals surface area contributed by atoms with Crippen molar-refractivity contribution in [3.63, 3.8) is 0 Å². The van der Waals surface area contributed by atoms with Gasteiger partial charge in [0, 0.05) is 12.0 Å². The van der Waals surface area contributed by atoms with Crippen molar-refractivity contribution in [3.8, 4) is 0 Å². The molecule has 0 rings (SSSR count). The van der Waals surface area contributed by atoms with E-state index >= 15 is 0 Å². The van der Waals surface area contributed by atoms with E-state index in [2.05, 4.69) is 25.7 Å². The Hall–Kier alpha value is 0.0274. The van der Waals surface area contributed by atoms with E-state index in [1.54, 1.807) is 0 Å². The minimum absolute atomic E-state index is 0. The zero-order chi connectivity index (χ0) is 30.8. The van der Waals surface area contributed by atoms with Crippen LogP contribution in [0, 0.1) is 0 Å². The van der Waals surface area contributed by atoms with Gasteiger partial charge in [-0.15, -0.1) is 0 Å². The fraction of sp³-hybridized carbons (Fsp3) is 0.974. The molecule has 252 valence electrons. The van der Waals surface area contributed by atoms with Crippen LogP contribution in [0.5, 0.6) is 0 Å². The maximum absolute atomic E-state index is 11.0. The van der Waals surface area contributed by atoms with Crippen LogP contribution >= 0.6 is 0 Å². The molecule has 0 bridgehead atoms. The average molecular weight is 600 g/mol. The number of nitrogens with zero attached hydrogens (tertiary/aromatic N) is 1. The first-order valence-electron chi connectivity index (χ1n) is 19.6. The summed E-state index contributed by atoms with van der Waals surface area (Å²) >= 11 is 0. The average Bonchev–Trinajstić information content (AvgIpc) is 2.98. The molecule has 0 saturated carbocycles. The topological polar surface area (TPSA) is 43.4 Å². The largest absolute Gasteiger partial charge is 1.00 e. The molecule has 3 nitrogen and oxygen atoms in total. The van der Waals surface area contributed by atoms with Gasteiger partial charge in [-0.25, -0.2) is 0 Å². The Morgan fingerprint density at radius 1 is 0.465 bits per heavy atom. The fourth-order valence-electron chi connectivity index (χ4n) is 6.43. The van der Waals surface area contributed by atoms with Crippen molar-refractivity contribution in [3.05, 3.63) is 0 Å². The Morgan fingerprint density at radius 3 is 0.930 bits per heavy atom. The Balaban J connectivity index is 0. The first-order chi connectivity index (χ1) is 20.6. The first kappa shape index (κ1) is 45.2. The van der Waals surface area contributed by atoms with Gasteiger partial charge in [0.2, 0.25) is 0 Å². The number of carboxylic acids is 1. The Bertz CT molecular complexity index is 495. The summed E-state index contributed by atoms with van der Waals surface area (Å²) in [5.41, 5.74) is 0. The summed E-state index contributed by atoms with van der Waals surface area (Å²) in [6, 6.07) is 0.348. The van der Waals surface area contributed by atoms with Crippen LogP contribution < -0.4 is 24.0 Å². The van der Waals surface area contributed by atoms with Gasteiger partial charge in [-0.3, -0.25) is 0 Å². The molecule has 0 aromatic carbocycles. The molecule has 0 amide bonds. The normalized spacial score (nSPS) is 12.1. The van der Waals surface area contributed by atoms with Crippen molar-refractivity contribution >= 4 is 5.97 Å². The van der Waals surface area contributed by atoms with Crippen LogP contribution in [-0.4, -0.2) is 30.0 Å². The summed E-state index contributed by atoms with van der Waals surface area (Å²) in [5, 5.41) is 11.0. The second-order valence-electron chi connectivity index (χ2n) is 13.7. The van der Waals surface area contributed by atoms with E-state index in [9.17, 15) is 9.90 Å². The van der Waals surface area contributed by atoms with Gasteiger partial charge in [-0.05, 0) is 45.7 Å². The summed E-state index contributed by atoms with van der Waals surface area (Å²) in [4.78, 5) is 13.6. The van der Waals surface area contributed by atoms with Gasteiger partial charge in [0.1, 0.15) is 0 Å². The van der Waals surface area contributed by atoms with Gasteiger partial charge < -0.3 is 14.8 Å². The van der Waals surface area contributed by atoms with E-state index in [4.69, 9.17) is 0 Å². The van der Waals surface area contributed by atoms with E-state index < -0.39 is 5.97 Å². The number of aliphatic carboxylic acids is 1. The number of hydrogen-bond donors (Lipinski definition) is 0. The fourth-order valence-corrected chi connectivity index (χ4v) is 6.43. The Labute approximate surface area is 284 Å². The molecule has 0 heterocycles. The maximum atomic E-state index is 11.0. The number of hydrogen-bond acceptors (Lipinski definition) is 3. The number of carbonyl (C=O) groups excluding carboxylic acids is 1. The monoisotopic (exact) mass is 600 g/mol. The van der Waals surface area contributed by atoms with Crippen molar-refractivity contribution in [2.24, 2.45) is 0 Å². The molecule has 0 aromatic heterocycles. The number of carbonyl (C=O) groups is 1. The van der Waals surface area contributed by atoms with Crippen LogP contribution in [0.15, 0.2) is 0 Å². The van der Waals surface area contributed by atoms with Gasteiger partial charge in [-0.1, -0.05) is 194 Å². The molecule has 0 fully saturated rings. The maximum Gasteiger partial charge on any atom is 1.00 e. The second kappa shape index (κ2) is 38.2. The number of carboxylic acid groups (broad SMARTS) is 1. The van der Waals surface area contributed by atoms with Gasteiger partial charge in [-0.2, -0.15) is 0 Å². The minimum atomic E-state index is -0.902. The quantitative estimate of drug-likeness (QED) is 0.0533. The molecular formula is C39H78LiNO2. The van der Waals surface area contributed by atoms with Crippen molar-refractivity contribution in [1.29, 1.82) is 0 Å². The molecule has 0 aromatic rings. The Kier molecular flexibility index (Phi) is 40.1. The van der Waals surface area contributed by atoms with Crippen LogP contribution in [0.3, 0.4) is 0 Å². The SMILES string of the molecule is CCCCCCCCCCCCCCCCCN(CCCCCCCCCCCCCCCCC)C(C)CCC(=O)[O-].[Li+]. The third-order valence-corrected chi connectivity index (χ3v) is 9.49.